The molecule has 2 aromatic rings. The van der Waals surface area contributed by atoms with Crippen molar-refractivity contribution >= 4 is 11.3 Å². The van der Waals surface area contributed by atoms with E-state index in [1.807, 2.05) is 0 Å². The fourth-order valence-corrected chi connectivity index (χ4v) is 1.86. The Morgan fingerprint density at radius 1 is 1.13 bits per heavy atom. The maximum absolute atomic E-state index is 12.2. The molecule has 6 heteroatoms. The minimum absolute atomic E-state index is 0.352. The van der Waals surface area contributed by atoms with Crippen LogP contribution in [0.25, 0.3) is 10.6 Å². The molecule has 0 fully saturated rings. The van der Waals surface area contributed by atoms with Crippen LogP contribution in [0.1, 0.15) is 5.69 Å². The summed E-state index contributed by atoms with van der Waals surface area (Å²) in [6, 6.07) is 3.25. The summed E-state index contributed by atoms with van der Waals surface area (Å²) in [7, 11) is 0. The first kappa shape index (κ1) is 10.1. The van der Waals surface area contributed by atoms with E-state index in [0.29, 0.717) is 10.6 Å². The van der Waals surface area contributed by atoms with Crippen molar-refractivity contribution in [2.24, 2.45) is 0 Å². The first-order chi connectivity index (χ1) is 7.07. The summed E-state index contributed by atoms with van der Waals surface area (Å²) in [5, 5.41) is 1.36. The number of hydrogen-bond donors (Lipinski definition) is 0. The lowest BCUT2D eigenvalue weighted by Gasteiger charge is -1.99. The molecule has 2 rings (SSSR count). The Kier molecular flexibility index (Phi) is 2.44. The zero-order chi connectivity index (χ0) is 10.9. The maximum atomic E-state index is 12.2. The lowest BCUT2D eigenvalue weighted by atomic mass is 10.3. The third-order valence-corrected chi connectivity index (χ3v) is 2.61. The van der Waals surface area contributed by atoms with Crippen LogP contribution in [-0.4, -0.2) is 9.97 Å². The summed E-state index contributed by atoms with van der Waals surface area (Å²) in [6.45, 7) is 0. The molecule has 0 unspecified atom stereocenters. The van der Waals surface area contributed by atoms with Gasteiger partial charge in [-0.3, -0.25) is 4.98 Å². The number of halogens is 3. The number of pyridine rings is 1. The Hall–Kier alpha value is -1.43. The molecule has 0 aliphatic heterocycles. The zero-order valence-electron chi connectivity index (χ0n) is 7.32. The Morgan fingerprint density at radius 2 is 1.80 bits per heavy atom. The maximum Gasteiger partial charge on any atom is 0.434 e. The molecule has 0 saturated carbocycles. The van der Waals surface area contributed by atoms with Crippen molar-refractivity contribution in [3.8, 4) is 10.6 Å². The summed E-state index contributed by atoms with van der Waals surface area (Å²) in [5.41, 5.74) is -0.204. The quantitative estimate of drug-likeness (QED) is 0.751. The fraction of sp³-hybridized carbons (Fsp3) is 0.111. The average Bonchev–Trinajstić information content (AvgIpc) is 2.67. The average molecular weight is 230 g/mol. The molecular weight excluding hydrogens is 225 g/mol. The van der Waals surface area contributed by atoms with Gasteiger partial charge in [-0.1, -0.05) is 0 Å². The number of alkyl halides is 3. The molecule has 78 valence electrons. The lowest BCUT2D eigenvalue weighted by molar-refractivity contribution is -0.140. The highest BCUT2D eigenvalue weighted by atomic mass is 32.1. The van der Waals surface area contributed by atoms with E-state index in [1.165, 1.54) is 12.4 Å². The fourth-order valence-electron chi connectivity index (χ4n) is 1.03. The topological polar surface area (TPSA) is 25.8 Å². The summed E-state index contributed by atoms with van der Waals surface area (Å²) in [6.07, 6.45) is -1.34. The monoisotopic (exact) mass is 230 g/mol. The largest absolute Gasteiger partial charge is 0.434 e. The second-order valence-corrected chi connectivity index (χ2v) is 3.63. The van der Waals surface area contributed by atoms with E-state index in [0.717, 1.165) is 16.7 Å². The molecule has 2 heterocycles. The number of aromatic nitrogens is 2. The van der Waals surface area contributed by atoms with Gasteiger partial charge < -0.3 is 0 Å². The van der Waals surface area contributed by atoms with Crippen molar-refractivity contribution < 1.29 is 13.2 Å². The number of rotatable bonds is 1. The molecule has 2 nitrogen and oxygen atoms in total. The second-order valence-electron chi connectivity index (χ2n) is 2.77. The van der Waals surface area contributed by atoms with E-state index in [-0.39, 0.29) is 0 Å². The summed E-state index contributed by atoms with van der Waals surface area (Å²) in [5.74, 6) is 0. The third-order valence-electron chi connectivity index (χ3n) is 1.72. The van der Waals surface area contributed by atoms with Crippen molar-refractivity contribution in [2.75, 3.05) is 0 Å². The molecule has 0 atom stereocenters. The Morgan fingerprint density at radius 3 is 2.33 bits per heavy atom. The standard InChI is InChI=1S/C9H5F3N2S/c10-9(11,12)7-5-15-8(14-7)6-1-3-13-4-2-6/h1-5H. The Bertz CT molecular complexity index is 450. The molecule has 0 saturated heterocycles. The van der Waals surface area contributed by atoms with Crippen LogP contribution in [0.5, 0.6) is 0 Å². The predicted molar refractivity (Wildman–Crippen MR) is 50.3 cm³/mol. The zero-order valence-corrected chi connectivity index (χ0v) is 8.14. The molecule has 0 radical (unpaired) electrons. The van der Waals surface area contributed by atoms with E-state index in [4.69, 9.17) is 0 Å². The molecule has 0 aliphatic rings. The first-order valence-electron chi connectivity index (χ1n) is 4.00. The first-order valence-corrected chi connectivity index (χ1v) is 4.88. The van der Waals surface area contributed by atoms with Crippen LogP contribution >= 0.6 is 11.3 Å². The van der Waals surface area contributed by atoms with Crippen LogP contribution < -0.4 is 0 Å². The van der Waals surface area contributed by atoms with E-state index < -0.39 is 11.9 Å². The number of hydrogen-bond acceptors (Lipinski definition) is 3. The molecule has 2 aromatic heterocycles. The molecular formula is C9H5F3N2S. The van der Waals surface area contributed by atoms with Crippen molar-refractivity contribution in [1.82, 2.24) is 9.97 Å². The minimum Gasteiger partial charge on any atom is -0.265 e. The second kappa shape index (κ2) is 3.62. The SMILES string of the molecule is FC(F)(F)c1csc(-c2ccncc2)n1. The Balaban J connectivity index is 2.37. The van der Waals surface area contributed by atoms with Gasteiger partial charge in [0.15, 0.2) is 5.69 Å². The highest BCUT2D eigenvalue weighted by Gasteiger charge is 2.33. The van der Waals surface area contributed by atoms with Crippen LogP contribution in [0.4, 0.5) is 13.2 Å². The van der Waals surface area contributed by atoms with E-state index in [2.05, 4.69) is 9.97 Å². The molecule has 0 aliphatic carbocycles. The van der Waals surface area contributed by atoms with Crippen molar-refractivity contribution in [3.63, 3.8) is 0 Å². The smallest absolute Gasteiger partial charge is 0.265 e. The van der Waals surface area contributed by atoms with Crippen LogP contribution in [0.2, 0.25) is 0 Å². The molecule has 0 N–H and O–H groups in total. The number of nitrogens with zero attached hydrogens (tertiary/aromatic N) is 2. The van der Waals surface area contributed by atoms with Gasteiger partial charge in [-0.25, -0.2) is 4.98 Å². The predicted octanol–water partition coefficient (Wildman–Crippen LogP) is 3.22. The van der Waals surface area contributed by atoms with Gasteiger partial charge in [0.05, 0.1) is 0 Å². The van der Waals surface area contributed by atoms with Gasteiger partial charge in [0.25, 0.3) is 0 Å². The normalized spacial score (nSPS) is 11.7. The van der Waals surface area contributed by atoms with Gasteiger partial charge in [-0.05, 0) is 12.1 Å². The summed E-state index contributed by atoms with van der Waals surface area (Å²) in [4.78, 5) is 7.30. The van der Waals surface area contributed by atoms with E-state index in [1.54, 1.807) is 12.1 Å². The summed E-state index contributed by atoms with van der Waals surface area (Å²) >= 11 is 0.971. The van der Waals surface area contributed by atoms with Gasteiger partial charge in [0, 0.05) is 23.3 Å². The highest BCUT2D eigenvalue weighted by molar-refractivity contribution is 7.13. The van der Waals surface area contributed by atoms with E-state index >= 15 is 0 Å². The van der Waals surface area contributed by atoms with Crippen LogP contribution in [0.15, 0.2) is 29.9 Å². The Labute approximate surface area is 87.4 Å². The van der Waals surface area contributed by atoms with Crippen molar-refractivity contribution in [3.05, 3.63) is 35.6 Å². The van der Waals surface area contributed by atoms with E-state index in [9.17, 15) is 13.2 Å². The molecule has 15 heavy (non-hydrogen) atoms. The molecule has 0 amide bonds. The number of thiazole rings is 1. The van der Waals surface area contributed by atoms with Gasteiger partial charge in [0.2, 0.25) is 0 Å². The van der Waals surface area contributed by atoms with Crippen molar-refractivity contribution in [2.45, 2.75) is 6.18 Å². The highest BCUT2D eigenvalue weighted by Crippen LogP contribution is 2.33. The van der Waals surface area contributed by atoms with Crippen LogP contribution in [-0.2, 0) is 6.18 Å². The van der Waals surface area contributed by atoms with Crippen LogP contribution in [0.3, 0.4) is 0 Å². The third kappa shape index (κ3) is 2.15. The van der Waals surface area contributed by atoms with Crippen LogP contribution in [0, 0.1) is 0 Å². The van der Waals surface area contributed by atoms with Gasteiger partial charge in [-0.15, -0.1) is 11.3 Å². The minimum atomic E-state index is -4.37. The lowest BCUT2D eigenvalue weighted by Crippen LogP contribution is -2.04. The summed E-state index contributed by atoms with van der Waals surface area (Å²) < 4.78 is 36.7. The molecule has 0 bridgehead atoms. The van der Waals surface area contributed by atoms with Gasteiger partial charge in [-0.2, -0.15) is 13.2 Å². The van der Waals surface area contributed by atoms with Gasteiger partial charge >= 0.3 is 6.18 Å². The molecule has 0 spiro atoms. The molecule has 0 aromatic carbocycles. The van der Waals surface area contributed by atoms with Gasteiger partial charge in [0.1, 0.15) is 5.01 Å². The van der Waals surface area contributed by atoms with Crippen molar-refractivity contribution in [1.29, 1.82) is 0 Å².